The van der Waals surface area contributed by atoms with Gasteiger partial charge in [0.05, 0.1) is 40.6 Å². The number of anilines is 1. The molecule has 0 radical (unpaired) electrons. The van der Waals surface area contributed by atoms with Gasteiger partial charge >= 0.3 is 6.18 Å². The number of aromatic nitrogens is 3. The molecule has 4 rings (SSSR count). The summed E-state index contributed by atoms with van der Waals surface area (Å²) in [4.78, 5) is 37.6. The Bertz CT molecular complexity index is 1300. The van der Waals surface area contributed by atoms with Gasteiger partial charge in [-0.05, 0) is 57.5 Å². The van der Waals surface area contributed by atoms with E-state index in [2.05, 4.69) is 20.3 Å². The van der Waals surface area contributed by atoms with Gasteiger partial charge in [0.2, 0.25) is 0 Å². The summed E-state index contributed by atoms with van der Waals surface area (Å²) in [5, 5.41) is 3.06. The average Bonchev–Trinajstić information content (AvgIpc) is 2.77. The Kier molecular flexibility index (Phi) is 6.54. The molecule has 0 spiro atoms. The van der Waals surface area contributed by atoms with Gasteiger partial charge in [0.25, 0.3) is 11.5 Å². The first-order chi connectivity index (χ1) is 16.4. The van der Waals surface area contributed by atoms with Crippen LogP contribution in [0.2, 0.25) is 0 Å². The topological polar surface area (TPSA) is 100 Å². The Morgan fingerprint density at radius 3 is 2.51 bits per heavy atom. The Morgan fingerprint density at radius 2 is 1.91 bits per heavy atom. The number of hydrogen-bond acceptors (Lipinski definition) is 6. The molecule has 0 unspecified atom stereocenters. The summed E-state index contributed by atoms with van der Waals surface area (Å²) in [6.45, 7) is 7.76. The lowest BCUT2D eigenvalue weighted by atomic mass is 9.98. The minimum absolute atomic E-state index is 0.0224. The highest BCUT2D eigenvalue weighted by Gasteiger charge is 2.35. The zero-order chi connectivity index (χ0) is 25.5. The first-order valence-corrected chi connectivity index (χ1v) is 11.2. The van der Waals surface area contributed by atoms with Crippen molar-refractivity contribution in [2.75, 3.05) is 18.4 Å². The molecule has 1 fully saturated rings. The maximum absolute atomic E-state index is 13.8. The summed E-state index contributed by atoms with van der Waals surface area (Å²) < 4.78 is 47.2. The maximum atomic E-state index is 13.8. The summed E-state index contributed by atoms with van der Waals surface area (Å²) >= 11 is 0. The van der Waals surface area contributed by atoms with E-state index in [1.165, 1.54) is 25.3 Å². The van der Waals surface area contributed by atoms with Crippen LogP contribution in [0.25, 0.3) is 10.9 Å². The van der Waals surface area contributed by atoms with Gasteiger partial charge in [0.1, 0.15) is 11.5 Å². The van der Waals surface area contributed by atoms with Crippen molar-refractivity contribution < 1.29 is 22.7 Å². The first kappa shape index (κ1) is 24.6. The predicted octanol–water partition coefficient (Wildman–Crippen LogP) is 4.07. The molecule has 186 valence electrons. The van der Waals surface area contributed by atoms with Crippen molar-refractivity contribution in [2.24, 2.45) is 0 Å². The number of morpholine rings is 1. The number of aryl methyl sites for hydroxylation is 1. The lowest BCUT2D eigenvalue weighted by Gasteiger charge is -2.35. The van der Waals surface area contributed by atoms with Gasteiger partial charge in [-0.25, -0.2) is 9.97 Å². The van der Waals surface area contributed by atoms with Crippen molar-refractivity contribution in [3.8, 4) is 0 Å². The highest BCUT2D eigenvalue weighted by molar-refractivity contribution is 5.92. The van der Waals surface area contributed by atoms with Gasteiger partial charge in [-0.1, -0.05) is 0 Å². The van der Waals surface area contributed by atoms with E-state index in [9.17, 15) is 22.8 Å². The number of H-pyrrole nitrogens is 1. The highest BCUT2D eigenvalue weighted by Crippen LogP contribution is 2.37. The number of hydrogen-bond donors (Lipinski definition) is 2. The van der Waals surface area contributed by atoms with E-state index in [1.54, 1.807) is 17.9 Å². The summed E-state index contributed by atoms with van der Waals surface area (Å²) in [6, 6.07) is 4.42. The maximum Gasteiger partial charge on any atom is 0.416 e. The molecule has 11 heteroatoms. The lowest BCUT2D eigenvalue weighted by molar-refractivity contribution is -0.138. The fourth-order valence-corrected chi connectivity index (χ4v) is 4.36. The molecule has 0 bridgehead atoms. The van der Waals surface area contributed by atoms with Crippen molar-refractivity contribution in [2.45, 2.75) is 52.1 Å². The zero-order valence-corrected chi connectivity index (χ0v) is 19.7. The number of alkyl halides is 3. The largest absolute Gasteiger partial charge is 0.416 e. The van der Waals surface area contributed by atoms with Crippen LogP contribution >= 0.6 is 0 Å². The Labute approximate surface area is 199 Å². The van der Waals surface area contributed by atoms with E-state index in [-0.39, 0.29) is 46.1 Å². The fraction of sp³-hybridized carbons (Fsp3) is 0.417. The Balaban J connectivity index is 1.59. The van der Waals surface area contributed by atoms with Crippen LogP contribution < -0.4 is 10.9 Å². The predicted molar refractivity (Wildman–Crippen MR) is 124 cm³/mol. The van der Waals surface area contributed by atoms with Gasteiger partial charge in [-0.2, -0.15) is 13.2 Å². The standard InChI is InChI=1S/C24H26F3N5O3/c1-12-10-32(11-13(2)35-12)23(34)20-6-5-16(9-28-20)29-14(3)17-7-18-21(8-19(17)24(25,26)27)30-15(4)31-22(18)33/h5-9,12-14,29H,10-11H2,1-4H3,(H,30,31,33)/t12-,13+,14-/m0/s1. The van der Waals surface area contributed by atoms with Gasteiger partial charge in [-0.15, -0.1) is 0 Å². The van der Waals surface area contributed by atoms with Gasteiger partial charge < -0.3 is 19.9 Å². The van der Waals surface area contributed by atoms with Gasteiger partial charge in [0, 0.05) is 19.1 Å². The second-order valence-corrected chi connectivity index (χ2v) is 8.87. The van der Waals surface area contributed by atoms with Crippen LogP contribution in [-0.2, 0) is 10.9 Å². The van der Waals surface area contributed by atoms with Crippen LogP contribution in [-0.4, -0.2) is 51.1 Å². The number of benzene rings is 1. The summed E-state index contributed by atoms with van der Waals surface area (Å²) in [5.41, 5.74) is -0.840. The van der Waals surface area contributed by atoms with E-state index in [0.717, 1.165) is 6.07 Å². The molecule has 3 atom stereocenters. The molecule has 1 saturated heterocycles. The van der Waals surface area contributed by atoms with Gasteiger partial charge in [0.15, 0.2) is 0 Å². The number of amides is 1. The number of fused-ring (bicyclic) bond motifs is 1. The van der Waals surface area contributed by atoms with Crippen LogP contribution in [0, 0.1) is 6.92 Å². The van der Waals surface area contributed by atoms with Crippen molar-refractivity contribution in [3.63, 3.8) is 0 Å². The van der Waals surface area contributed by atoms with Crippen LogP contribution in [0.1, 0.15) is 54.3 Å². The van der Waals surface area contributed by atoms with Crippen LogP contribution in [0.15, 0.2) is 35.3 Å². The highest BCUT2D eigenvalue weighted by atomic mass is 19.4. The van der Waals surface area contributed by atoms with E-state index < -0.39 is 23.3 Å². The SMILES string of the molecule is Cc1nc2cc(C(F)(F)F)c([C@H](C)Nc3ccc(C(=O)N4C[C@@H](C)O[C@@H](C)C4)nc3)cc2c(=O)[nH]1. The molecule has 1 aromatic carbocycles. The van der Waals surface area contributed by atoms with Crippen LogP contribution in [0.3, 0.4) is 0 Å². The van der Waals surface area contributed by atoms with E-state index in [1.807, 2.05) is 13.8 Å². The quantitative estimate of drug-likeness (QED) is 0.573. The minimum atomic E-state index is -4.64. The number of halogens is 3. The number of aromatic amines is 1. The third-order valence-corrected chi connectivity index (χ3v) is 5.84. The molecule has 1 aliphatic heterocycles. The molecule has 1 amide bonds. The third kappa shape index (κ3) is 5.29. The van der Waals surface area contributed by atoms with Crippen molar-refractivity contribution in [3.05, 3.63) is 63.5 Å². The molecular weight excluding hydrogens is 463 g/mol. The number of ether oxygens (including phenoxy) is 1. The number of nitrogens with one attached hydrogen (secondary N) is 2. The number of carbonyl (C=O) groups excluding carboxylic acids is 1. The summed E-state index contributed by atoms with van der Waals surface area (Å²) in [6.07, 6.45) is -3.40. The summed E-state index contributed by atoms with van der Waals surface area (Å²) in [7, 11) is 0. The second kappa shape index (κ2) is 9.29. The Hall–Kier alpha value is -3.47. The first-order valence-electron chi connectivity index (χ1n) is 11.2. The molecule has 35 heavy (non-hydrogen) atoms. The third-order valence-electron chi connectivity index (χ3n) is 5.84. The molecule has 0 aliphatic carbocycles. The smallest absolute Gasteiger partial charge is 0.377 e. The molecule has 0 saturated carbocycles. The Morgan fingerprint density at radius 1 is 1.23 bits per heavy atom. The van der Waals surface area contributed by atoms with E-state index in [0.29, 0.717) is 18.8 Å². The second-order valence-electron chi connectivity index (χ2n) is 8.87. The van der Waals surface area contributed by atoms with Crippen LogP contribution in [0.4, 0.5) is 18.9 Å². The molecule has 1 aliphatic rings. The lowest BCUT2D eigenvalue weighted by Crippen LogP contribution is -2.48. The zero-order valence-electron chi connectivity index (χ0n) is 19.7. The van der Waals surface area contributed by atoms with Crippen molar-refractivity contribution in [1.29, 1.82) is 0 Å². The number of nitrogens with zero attached hydrogens (tertiary/aromatic N) is 3. The molecule has 8 nitrogen and oxygen atoms in total. The van der Waals surface area contributed by atoms with E-state index >= 15 is 0 Å². The van der Waals surface area contributed by atoms with E-state index in [4.69, 9.17) is 4.74 Å². The average molecular weight is 489 g/mol. The van der Waals surface area contributed by atoms with Crippen molar-refractivity contribution in [1.82, 2.24) is 19.9 Å². The number of pyridine rings is 1. The molecule has 2 N–H and O–H groups in total. The number of carbonyl (C=O) groups is 1. The normalized spacial score (nSPS) is 19.6. The molecule has 3 heterocycles. The molecule has 2 aromatic heterocycles. The molecule has 3 aromatic rings. The van der Waals surface area contributed by atoms with Crippen LogP contribution in [0.5, 0.6) is 0 Å². The fourth-order valence-electron chi connectivity index (χ4n) is 4.36. The number of rotatable bonds is 4. The minimum Gasteiger partial charge on any atom is -0.377 e. The monoisotopic (exact) mass is 489 g/mol. The summed E-state index contributed by atoms with van der Waals surface area (Å²) in [5.74, 6) is -0.00115. The molecular formula is C24H26F3N5O3. The van der Waals surface area contributed by atoms with Gasteiger partial charge in [-0.3, -0.25) is 9.59 Å². The van der Waals surface area contributed by atoms with Crippen molar-refractivity contribution >= 4 is 22.5 Å².